The number of rotatable bonds is 5. The van der Waals surface area contributed by atoms with Crippen molar-refractivity contribution in [2.45, 2.75) is 6.54 Å². The van der Waals surface area contributed by atoms with Crippen LogP contribution < -0.4 is 15.6 Å². The molecular weight excluding hydrogens is 342 g/mol. The van der Waals surface area contributed by atoms with Crippen LogP contribution in [-0.2, 0) is 6.54 Å². The van der Waals surface area contributed by atoms with Gasteiger partial charge in [-0.25, -0.2) is 0 Å². The van der Waals surface area contributed by atoms with Gasteiger partial charge in [-0.15, -0.1) is 0 Å². The summed E-state index contributed by atoms with van der Waals surface area (Å²) < 4.78 is 6.83. The molecule has 0 fully saturated rings. The molecule has 0 spiro atoms. The normalized spacial score (nSPS) is 10.5. The molecule has 2 aromatic carbocycles. The summed E-state index contributed by atoms with van der Waals surface area (Å²) >= 11 is 6.14. The molecule has 0 atom stereocenters. The number of nitrogens with one attached hydrogen (secondary N) is 1. The third-order valence-corrected chi connectivity index (χ3v) is 3.91. The molecule has 0 bridgehead atoms. The molecule has 0 saturated carbocycles. The second kappa shape index (κ2) is 7.27. The maximum Gasteiger partial charge on any atom is 0.316 e. The van der Waals surface area contributed by atoms with E-state index in [1.54, 1.807) is 16.8 Å². The summed E-state index contributed by atoms with van der Waals surface area (Å²) in [5.74, 6) is 0.489. The summed E-state index contributed by atoms with van der Waals surface area (Å²) in [6.07, 6.45) is 1.58. The number of anilines is 2. The Labute approximate surface area is 149 Å². The average Bonchev–Trinajstić information content (AvgIpc) is 2.61. The Morgan fingerprint density at radius 1 is 1.24 bits per heavy atom. The van der Waals surface area contributed by atoms with E-state index < -0.39 is 5.56 Å². The number of benzene rings is 2. The van der Waals surface area contributed by atoms with Crippen LogP contribution in [0.15, 0.2) is 59.5 Å². The molecule has 128 valence electrons. The number of aromatic hydroxyl groups is 1. The van der Waals surface area contributed by atoms with Gasteiger partial charge in [0.25, 0.3) is 0 Å². The zero-order valence-corrected chi connectivity index (χ0v) is 14.2. The maximum atomic E-state index is 12.0. The Bertz CT molecular complexity index is 942. The number of phenolic OH excluding ortho intramolecular Hbond substituents is 1. The Hall–Kier alpha value is -2.99. The van der Waals surface area contributed by atoms with Crippen molar-refractivity contribution in [3.63, 3.8) is 0 Å². The highest BCUT2D eigenvalue weighted by Crippen LogP contribution is 2.28. The molecule has 0 aliphatic carbocycles. The fraction of sp³-hybridized carbons (Fsp3) is 0.111. The van der Waals surface area contributed by atoms with Gasteiger partial charge in [0.15, 0.2) is 0 Å². The van der Waals surface area contributed by atoms with Crippen molar-refractivity contribution in [2.24, 2.45) is 0 Å². The van der Waals surface area contributed by atoms with E-state index in [9.17, 15) is 9.90 Å². The van der Waals surface area contributed by atoms with E-state index in [1.807, 2.05) is 30.3 Å². The molecule has 1 aromatic heterocycles. The number of methoxy groups -OCH3 is 1. The van der Waals surface area contributed by atoms with Crippen molar-refractivity contribution < 1.29 is 9.84 Å². The van der Waals surface area contributed by atoms with Crippen molar-refractivity contribution in [2.75, 3.05) is 12.4 Å². The van der Waals surface area contributed by atoms with Crippen LogP contribution in [0.4, 0.5) is 11.6 Å². The molecule has 0 unspecified atom stereocenters. The molecule has 1 heterocycles. The van der Waals surface area contributed by atoms with E-state index in [0.29, 0.717) is 23.2 Å². The molecule has 2 N–H and O–H groups in total. The number of ether oxygens (including phenoxy) is 1. The molecule has 3 aromatic rings. The van der Waals surface area contributed by atoms with Crippen molar-refractivity contribution in [3.8, 4) is 11.5 Å². The highest BCUT2D eigenvalue weighted by molar-refractivity contribution is 6.33. The first-order valence-corrected chi connectivity index (χ1v) is 7.89. The predicted octanol–water partition coefficient (Wildman–Crippen LogP) is 3.40. The van der Waals surface area contributed by atoms with E-state index in [-0.39, 0.29) is 11.5 Å². The van der Waals surface area contributed by atoms with Gasteiger partial charge in [0, 0.05) is 6.07 Å². The van der Waals surface area contributed by atoms with E-state index in [1.165, 1.54) is 19.2 Å². The van der Waals surface area contributed by atoms with Gasteiger partial charge in [-0.2, -0.15) is 4.98 Å². The SMILES string of the molecule is COc1cn(Cc2ccccc2)c(Nc2cc(O)ccc2Cl)nc1=O. The van der Waals surface area contributed by atoms with E-state index in [0.717, 1.165) is 5.56 Å². The average molecular weight is 358 g/mol. The topological polar surface area (TPSA) is 76.4 Å². The fourth-order valence-corrected chi connectivity index (χ4v) is 2.51. The first-order valence-electron chi connectivity index (χ1n) is 7.52. The minimum atomic E-state index is -0.495. The lowest BCUT2D eigenvalue weighted by Gasteiger charge is -2.16. The molecule has 7 heteroatoms. The van der Waals surface area contributed by atoms with Gasteiger partial charge >= 0.3 is 5.56 Å². The number of hydrogen-bond acceptors (Lipinski definition) is 5. The van der Waals surface area contributed by atoms with Gasteiger partial charge in [-0.3, -0.25) is 4.79 Å². The molecule has 25 heavy (non-hydrogen) atoms. The van der Waals surface area contributed by atoms with Crippen LogP contribution in [-0.4, -0.2) is 21.8 Å². The molecule has 0 radical (unpaired) electrons. The number of aromatic nitrogens is 2. The van der Waals surface area contributed by atoms with Crippen LogP contribution in [0.3, 0.4) is 0 Å². The fourth-order valence-electron chi connectivity index (χ4n) is 2.34. The smallest absolute Gasteiger partial charge is 0.316 e. The Morgan fingerprint density at radius 3 is 2.72 bits per heavy atom. The zero-order valence-electron chi connectivity index (χ0n) is 13.4. The monoisotopic (exact) mass is 357 g/mol. The summed E-state index contributed by atoms with van der Waals surface area (Å²) in [6, 6.07) is 14.2. The van der Waals surface area contributed by atoms with Crippen LogP contribution >= 0.6 is 11.6 Å². The summed E-state index contributed by atoms with van der Waals surface area (Å²) in [5, 5.41) is 13.0. The van der Waals surface area contributed by atoms with Crippen molar-refractivity contribution in [1.82, 2.24) is 9.55 Å². The van der Waals surface area contributed by atoms with Crippen LogP contribution in [0, 0.1) is 0 Å². The number of nitrogens with zero attached hydrogens (tertiary/aromatic N) is 2. The highest BCUT2D eigenvalue weighted by atomic mass is 35.5. The van der Waals surface area contributed by atoms with Gasteiger partial charge in [0.1, 0.15) is 5.75 Å². The standard InChI is InChI=1S/C18H16ClN3O3/c1-25-16-11-22(10-12-5-3-2-4-6-12)18(21-17(16)24)20-15-9-13(23)7-8-14(15)19/h2-9,11,23H,10H2,1H3,(H,20,21,24). The zero-order chi connectivity index (χ0) is 17.8. The first-order chi connectivity index (χ1) is 12.1. The molecule has 3 rings (SSSR count). The lowest BCUT2D eigenvalue weighted by atomic mass is 10.2. The van der Waals surface area contributed by atoms with Crippen LogP contribution in [0.1, 0.15) is 5.56 Å². The van der Waals surface area contributed by atoms with Crippen LogP contribution in [0.2, 0.25) is 5.02 Å². The third-order valence-electron chi connectivity index (χ3n) is 3.58. The Balaban J connectivity index is 2.03. The van der Waals surface area contributed by atoms with E-state index in [4.69, 9.17) is 16.3 Å². The molecular formula is C18H16ClN3O3. The van der Waals surface area contributed by atoms with Gasteiger partial charge in [0.05, 0.1) is 30.6 Å². The van der Waals surface area contributed by atoms with Gasteiger partial charge in [-0.1, -0.05) is 41.9 Å². The second-order valence-corrected chi connectivity index (χ2v) is 5.75. The Morgan fingerprint density at radius 2 is 2.00 bits per heavy atom. The van der Waals surface area contributed by atoms with Gasteiger partial charge < -0.3 is 19.7 Å². The van der Waals surface area contributed by atoms with E-state index in [2.05, 4.69) is 10.3 Å². The lowest BCUT2D eigenvalue weighted by Crippen LogP contribution is -2.18. The van der Waals surface area contributed by atoms with Crippen molar-refractivity contribution >= 4 is 23.2 Å². The van der Waals surface area contributed by atoms with E-state index >= 15 is 0 Å². The molecule has 0 saturated heterocycles. The minimum absolute atomic E-state index is 0.0531. The number of phenols is 1. The van der Waals surface area contributed by atoms with Crippen LogP contribution in [0.25, 0.3) is 0 Å². The summed E-state index contributed by atoms with van der Waals surface area (Å²) in [5.41, 5.74) is 0.978. The minimum Gasteiger partial charge on any atom is -0.508 e. The quantitative estimate of drug-likeness (QED) is 0.731. The first kappa shape index (κ1) is 16.9. The highest BCUT2D eigenvalue weighted by Gasteiger charge is 2.11. The molecule has 0 amide bonds. The lowest BCUT2D eigenvalue weighted by molar-refractivity contribution is 0.402. The van der Waals surface area contributed by atoms with Crippen molar-refractivity contribution in [1.29, 1.82) is 0 Å². The number of halogens is 1. The third kappa shape index (κ3) is 3.92. The molecule has 0 aliphatic heterocycles. The van der Waals surface area contributed by atoms with Gasteiger partial charge in [0.2, 0.25) is 11.7 Å². The summed E-state index contributed by atoms with van der Waals surface area (Å²) in [7, 11) is 1.42. The molecule has 6 nitrogen and oxygen atoms in total. The second-order valence-electron chi connectivity index (χ2n) is 5.34. The number of hydrogen-bond donors (Lipinski definition) is 2. The largest absolute Gasteiger partial charge is 0.508 e. The maximum absolute atomic E-state index is 12.0. The summed E-state index contributed by atoms with van der Waals surface area (Å²) in [4.78, 5) is 16.1. The summed E-state index contributed by atoms with van der Waals surface area (Å²) in [6.45, 7) is 0.475. The van der Waals surface area contributed by atoms with Crippen molar-refractivity contribution in [3.05, 3.63) is 75.7 Å². The Kier molecular flexibility index (Phi) is 4.90. The predicted molar refractivity (Wildman–Crippen MR) is 97.0 cm³/mol. The van der Waals surface area contributed by atoms with Gasteiger partial charge in [-0.05, 0) is 17.7 Å². The van der Waals surface area contributed by atoms with Crippen LogP contribution in [0.5, 0.6) is 11.5 Å². The molecule has 0 aliphatic rings.